The first-order chi connectivity index (χ1) is 18.9. The molecule has 0 spiro atoms. The summed E-state index contributed by atoms with van der Waals surface area (Å²) < 4.78 is 34.1. The molecule has 0 unspecified atom stereocenters. The average Bonchev–Trinajstić information content (AvgIpc) is 2.93. The molecule has 0 bridgehead atoms. The van der Waals surface area contributed by atoms with E-state index in [1.807, 2.05) is 45.9 Å². The van der Waals surface area contributed by atoms with Crippen molar-refractivity contribution >= 4 is 27.5 Å². The molecule has 0 saturated heterocycles. The molecule has 0 aliphatic carbocycles. The van der Waals surface area contributed by atoms with Gasteiger partial charge in [-0.25, -0.2) is 8.42 Å². The van der Waals surface area contributed by atoms with Crippen LogP contribution in [0.3, 0.4) is 0 Å². The molecule has 0 aromatic heterocycles. The van der Waals surface area contributed by atoms with Crippen LogP contribution in [0.25, 0.3) is 0 Å². The van der Waals surface area contributed by atoms with E-state index in [1.165, 1.54) is 17.0 Å². The molecule has 8 nitrogen and oxygen atoms in total. The van der Waals surface area contributed by atoms with Crippen molar-refractivity contribution in [1.82, 2.24) is 10.2 Å². The molecule has 3 aromatic rings. The molecule has 0 aliphatic heterocycles. The van der Waals surface area contributed by atoms with E-state index in [9.17, 15) is 18.0 Å². The Bertz CT molecular complexity index is 1400. The number of hydrogen-bond donors (Lipinski definition) is 1. The predicted molar refractivity (Wildman–Crippen MR) is 158 cm³/mol. The lowest BCUT2D eigenvalue weighted by Crippen LogP contribution is -2.54. The first-order valence-corrected chi connectivity index (χ1v) is 14.7. The van der Waals surface area contributed by atoms with Crippen molar-refractivity contribution in [3.63, 3.8) is 0 Å². The second kappa shape index (κ2) is 13.0. The molecular formula is C31H39N3O5S. The highest BCUT2D eigenvalue weighted by Gasteiger charge is 2.33. The van der Waals surface area contributed by atoms with Gasteiger partial charge in [0.05, 0.1) is 17.7 Å². The van der Waals surface area contributed by atoms with Gasteiger partial charge in [-0.3, -0.25) is 13.9 Å². The molecule has 3 rings (SSSR count). The molecule has 1 atom stereocenters. The number of benzene rings is 3. The molecule has 214 valence electrons. The fraction of sp³-hybridized carbons (Fsp3) is 0.355. The highest BCUT2D eigenvalue weighted by atomic mass is 32.2. The Morgan fingerprint density at radius 2 is 1.57 bits per heavy atom. The van der Waals surface area contributed by atoms with Gasteiger partial charge in [0.2, 0.25) is 11.8 Å². The van der Waals surface area contributed by atoms with Crippen LogP contribution >= 0.6 is 0 Å². The maximum absolute atomic E-state index is 14.0. The van der Waals surface area contributed by atoms with Crippen molar-refractivity contribution in [3.05, 3.63) is 90.0 Å². The van der Waals surface area contributed by atoms with Crippen LogP contribution in [0, 0.1) is 0 Å². The van der Waals surface area contributed by atoms with E-state index < -0.39 is 34.1 Å². The smallest absolute Gasteiger partial charge is 0.264 e. The zero-order valence-electron chi connectivity index (χ0n) is 24.0. The van der Waals surface area contributed by atoms with E-state index >= 15 is 0 Å². The molecular weight excluding hydrogens is 526 g/mol. The van der Waals surface area contributed by atoms with Crippen LogP contribution in [0.2, 0.25) is 0 Å². The summed E-state index contributed by atoms with van der Waals surface area (Å²) in [4.78, 5) is 28.7. The summed E-state index contributed by atoms with van der Waals surface area (Å²) in [6.07, 6.45) is 0.791. The number of aryl methyl sites for hydroxylation is 1. The number of nitrogens with one attached hydrogen (secondary N) is 1. The molecule has 40 heavy (non-hydrogen) atoms. The van der Waals surface area contributed by atoms with Gasteiger partial charge in [-0.05, 0) is 81.6 Å². The van der Waals surface area contributed by atoms with Gasteiger partial charge in [-0.15, -0.1) is 0 Å². The molecule has 0 radical (unpaired) electrons. The van der Waals surface area contributed by atoms with Crippen molar-refractivity contribution in [1.29, 1.82) is 0 Å². The standard InChI is InChI=1S/C31H39N3O5S/c1-7-24-16-18-26(19-17-24)34(40(37,38)28-14-9-8-10-15-28)22-29(35)33(23(2)30(36)32-31(3,4)5)21-25-12-11-13-27(20-25)39-6/h8-20,23H,7,21-22H2,1-6H3,(H,32,36)/t23-/m1/s1. The van der Waals surface area contributed by atoms with Gasteiger partial charge in [0.15, 0.2) is 0 Å². The summed E-state index contributed by atoms with van der Waals surface area (Å²) >= 11 is 0. The topological polar surface area (TPSA) is 96.0 Å². The first-order valence-electron chi connectivity index (χ1n) is 13.3. The van der Waals surface area contributed by atoms with E-state index in [2.05, 4.69) is 5.32 Å². The highest BCUT2D eigenvalue weighted by Crippen LogP contribution is 2.25. The number of anilines is 1. The third-order valence-corrected chi connectivity index (χ3v) is 8.18. The van der Waals surface area contributed by atoms with Crippen molar-refractivity contribution < 1.29 is 22.7 Å². The Labute approximate surface area is 238 Å². The Balaban J connectivity index is 2.04. The Hall–Kier alpha value is -3.85. The number of sulfonamides is 1. The SMILES string of the molecule is CCc1ccc(N(CC(=O)N(Cc2cccc(OC)c2)[C@H](C)C(=O)NC(C)(C)C)S(=O)(=O)c2ccccc2)cc1. The largest absolute Gasteiger partial charge is 0.497 e. The zero-order chi connectivity index (χ0) is 29.5. The second-order valence-corrected chi connectivity index (χ2v) is 12.5. The van der Waals surface area contributed by atoms with Crippen molar-refractivity contribution in [2.75, 3.05) is 18.0 Å². The molecule has 0 heterocycles. The van der Waals surface area contributed by atoms with Gasteiger partial charge in [0.25, 0.3) is 10.0 Å². The maximum atomic E-state index is 14.0. The quantitative estimate of drug-likeness (QED) is 0.361. The van der Waals surface area contributed by atoms with Crippen LogP contribution in [-0.2, 0) is 32.6 Å². The van der Waals surface area contributed by atoms with E-state index in [-0.39, 0.29) is 17.3 Å². The Morgan fingerprint density at radius 1 is 0.925 bits per heavy atom. The molecule has 0 saturated carbocycles. The molecule has 2 amide bonds. The third-order valence-electron chi connectivity index (χ3n) is 6.40. The molecule has 9 heteroatoms. The monoisotopic (exact) mass is 565 g/mol. The first kappa shape index (κ1) is 30.7. The minimum absolute atomic E-state index is 0.0697. The van der Waals surface area contributed by atoms with Gasteiger partial charge >= 0.3 is 0 Å². The van der Waals surface area contributed by atoms with Crippen LogP contribution in [0.1, 0.15) is 45.7 Å². The molecule has 0 aliphatic rings. The van der Waals surface area contributed by atoms with Crippen molar-refractivity contribution in [2.45, 2.75) is 64.1 Å². The number of methoxy groups -OCH3 is 1. The predicted octanol–water partition coefficient (Wildman–Crippen LogP) is 4.78. The van der Waals surface area contributed by atoms with E-state index in [0.29, 0.717) is 11.4 Å². The second-order valence-electron chi connectivity index (χ2n) is 10.6. The van der Waals surface area contributed by atoms with Crippen LogP contribution in [0.4, 0.5) is 5.69 Å². The summed E-state index contributed by atoms with van der Waals surface area (Å²) in [6.45, 7) is 8.84. The van der Waals surface area contributed by atoms with Crippen LogP contribution < -0.4 is 14.4 Å². The number of amides is 2. The summed E-state index contributed by atoms with van der Waals surface area (Å²) in [5.41, 5.74) is 1.63. The van der Waals surface area contributed by atoms with Gasteiger partial charge in [-0.2, -0.15) is 0 Å². The average molecular weight is 566 g/mol. The van der Waals surface area contributed by atoms with Gasteiger partial charge < -0.3 is 15.0 Å². The van der Waals surface area contributed by atoms with E-state index in [4.69, 9.17) is 4.74 Å². The molecule has 1 N–H and O–H groups in total. The lowest BCUT2D eigenvalue weighted by atomic mass is 10.1. The summed E-state index contributed by atoms with van der Waals surface area (Å²) in [5.74, 6) is -0.243. The maximum Gasteiger partial charge on any atom is 0.264 e. The summed E-state index contributed by atoms with van der Waals surface area (Å²) in [6, 6.07) is 21.5. The highest BCUT2D eigenvalue weighted by molar-refractivity contribution is 7.92. The minimum atomic E-state index is -4.10. The van der Waals surface area contributed by atoms with Gasteiger partial charge in [0, 0.05) is 12.1 Å². The van der Waals surface area contributed by atoms with Gasteiger partial charge in [-0.1, -0.05) is 49.4 Å². The molecule has 0 fully saturated rings. The number of nitrogens with zero attached hydrogens (tertiary/aromatic N) is 2. The zero-order valence-corrected chi connectivity index (χ0v) is 24.9. The third kappa shape index (κ3) is 7.85. The summed E-state index contributed by atoms with van der Waals surface area (Å²) in [5, 5.41) is 2.93. The van der Waals surface area contributed by atoms with Gasteiger partial charge in [0.1, 0.15) is 18.3 Å². The lowest BCUT2D eigenvalue weighted by Gasteiger charge is -2.33. The van der Waals surface area contributed by atoms with Crippen LogP contribution in [-0.4, -0.2) is 50.4 Å². The number of carbonyl (C=O) groups excluding carboxylic acids is 2. The number of hydrogen-bond acceptors (Lipinski definition) is 5. The fourth-order valence-electron chi connectivity index (χ4n) is 4.17. The Kier molecular flexibility index (Phi) is 9.98. The molecule has 3 aromatic carbocycles. The number of ether oxygens (including phenoxy) is 1. The number of carbonyl (C=O) groups is 2. The normalized spacial score (nSPS) is 12.3. The van der Waals surface area contributed by atoms with Crippen LogP contribution in [0.5, 0.6) is 5.75 Å². The minimum Gasteiger partial charge on any atom is -0.497 e. The number of rotatable bonds is 11. The van der Waals surface area contributed by atoms with Crippen LogP contribution in [0.15, 0.2) is 83.8 Å². The fourth-order valence-corrected chi connectivity index (χ4v) is 5.61. The van der Waals surface area contributed by atoms with Crippen molar-refractivity contribution in [2.24, 2.45) is 0 Å². The van der Waals surface area contributed by atoms with Crippen molar-refractivity contribution in [3.8, 4) is 5.75 Å². The lowest BCUT2D eigenvalue weighted by molar-refractivity contribution is -0.140. The van der Waals surface area contributed by atoms with E-state index in [1.54, 1.807) is 62.6 Å². The summed E-state index contributed by atoms with van der Waals surface area (Å²) in [7, 11) is -2.54. The Morgan fingerprint density at radius 3 is 2.15 bits per heavy atom. The van der Waals surface area contributed by atoms with E-state index in [0.717, 1.165) is 21.9 Å².